The van der Waals surface area contributed by atoms with Crippen molar-refractivity contribution < 1.29 is 32.5 Å². The van der Waals surface area contributed by atoms with E-state index in [4.69, 9.17) is 18.9 Å². The Morgan fingerprint density at radius 2 is 1.76 bits per heavy atom. The van der Waals surface area contributed by atoms with Gasteiger partial charge in [-0.3, -0.25) is 4.99 Å². The van der Waals surface area contributed by atoms with Crippen molar-refractivity contribution in [2.75, 3.05) is 39.2 Å². The molecule has 0 saturated heterocycles. The largest absolute Gasteiger partial charge is 0.485 e. The fraction of sp³-hybridized carbons (Fsp3) is 0.235. The number of methoxy groups -OCH3 is 1. The summed E-state index contributed by atoms with van der Waals surface area (Å²) in [4.78, 5) is 24.0. The molecule has 10 nitrogen and oxygen atoms in total. The lowest BCUT2D eigenvalue weighted by Crippen LogP contribution is -2.38. The molecule has 0 N–H and O–H groups in total. The van der Waals surface area contributed by atoms with E-state index in [0.29, 0.717) is 6.54 Å². The predicted octanol–water partition coefficient (Wildman–Crippen LogP) is 6.08. The number of nitrogens with zero attached hydrogens (tertiary/aromatic N) is 5. The van der Waals surface area contributed by atoms with Gasteiger partial charge in [-0.15, -0.1) is 0 Å². The first kappa shape index (κ1) is 31.7. The maximum absolute atomic E-state index is 16.2. The van der Waals surface area contributed by atoms with Gasteiger partial charge in [0.2, 0.25) is 11.6 Å². The average Bonchev–Trinajstić information content (AvgIpc) is 3.51. The lowest BCUT2D eigenvalue weighted by Gasteiger charge is -2.26. The number of likely N-dealkylation sites (N-methyl/N-ethyl adjacent to an activating group) is 2. The number of benzene rings is 3. The van der Waals surface area contributed by atoms with Crippen LogP contribution in [0.4, 0.5) is 14.5 Å². The fourth-order valence-electron chi connectivity index (χ4n) is 4.73. The molecule has 4 aromatic rings. The lowest BCUT2D eigenvalue weighted by molar-refractivity contribution is -0.141. The van der Waals surface area contributed by atoms with Crippen LogP contribution in [0.5, 0.6) is 29.0 Å². The zero-order chi connectivity index (χ0) is 32.8. The van der Waals surface area contributed by atoms with Gasteiger partial charge in [0.15, 0.2) is 11.5 Å². The summed E-state index contributed by atoms with van der Waals surface area (Å²) >= 11 is 0. The molecule has 2 heterocycles. The van der Waals surface area contributed by atoms with Crippen LogP contribution in [-0.2, 0) is 16.1 Å². The number of aromatic nitrogens is 1. The molecular formula is C34H31F2N5O5. The van der Waals surface area contributed by atoms with Gasteiger partial charge in [-0.1, -0.05) is 42.5 Å². The van der Waals surface area contributed by atoms with Crippen molar-refractivity contribution in [1.82, 2.24) is 9.88 Å². The molecule has 0 bridgehead atoms. The summed E-state index contributed by atoms with van der Waals surface area (Å²) < 4.78 is 54.8. The van der Waals surface area contributed by atoms with E-state index in [-0.39, 0.29) is 29.4 Å². The van der Waals surface area contributed by atoms with Crippen molar-refractivity contribution in [3.63, 3.8) is 0 Å². The molecule has 0 fully saturated rings. The number of amidine groups is 1. The molecule has 0 spiro atoms. The first-order valence-corrected chi connectivity index (χ1v) is 14.3. The van der Waals surface area contributed by atoms with Gasteiger partial charge in [0.05, 0.1) is 25.3 Å². The van der Waals surface area contributed by atoms with Gasteiger partial charge < -0.3 is 28.7 Å². The van der Waals surface area contributed by atoms with E-state index in [1.54, 1.807) is 18.2 Å². The minimum Gasteiger partial charge on any atom is -0.485 e. The number of carbonyl (C=O) groups is 1. The third-order valence-corrected chi connectivity index (χ3v) is 7.35. The van der Waals surface area contributed by atoms with E-state index < -0.39 is 41.1 Å². The predicted molar refractivity (Wildman–Crippen MR) is 167 cm³/mol. The van der Waals surface area contributed by atoms with Crippen molar-refractivity contribution in [2.45, 2.75) is 19.6 Å². The highest BCUT2D eigenvalue weighted by Crippen LogP contribution is 2.40. The van der Waals surface area contributed by atoms with Gasteiger partial charge in [0.25, 0.3) is 11.8 Å². The number of ether oxygens (including phenoxy) is 4. The molecule has 1 aliphatic heterocycles. The van der Waals surface area contributed by atoms with E-state index in [2.05, 4.69) is 9.98 Å². The first-order chi connectivity index (χ1) is 22.2. The fourth-order valence-corrected chi connectivity index (χ4v) is 4.73. The van der Waals surface area contributed by atoms with Gasteiger partial charge in [-0.05, 0) is 36.8 Å². The Morgan fingerprint density at radius 3 is 2.43 bits per heavy atom. The van der Waals surface area contributed by atoms with Crippen LogP contribution >= 0.6 is 0 Å². The van der Waals surface area contributed by atoms with E-state index in [0.717, 1.165) is 28.4 Å². The number of aliphatic imine (C=N–C) groups is 1. The van der Waals surface area contributed by atoms with Gasteiger partial charge in [0, 0.05) is 32.3 Å². The number of halogens is 2. The standard InChI is InChI=1S/C34H31F2N5O5/c1-21(34(42)43-4)41(3)30-28(35)32(45-25-12-8-11-24(18-25)31-38-15-16-40(31)2)39-33(29(30)36)46-27-17-23(19-37)13-14-26(27)44-20-22-9-6-5-7-10-22/h5-14,17-18,21H,15-16,20H2,1-4H3. The normalized spacial score (nSPS) is 13.0. The number of esters is 1. The summed E-state index contributed by atoms with van der Waals surface area (Å²) in [5.41, 5.74) is 1.16. The van der Waals surface area contributed by atoms with Crippen LogP contribution in [0.15, 0.2) is 77.8 Å². The molecule has 12 heteroatoms. The SMILES string of the molecule is COC(=O)C(C)N(C)c1c(F)c(Oc2cccc(C3=NCCN3C)c2)nc(Oc2cc(C#N)ccc2OCc2ccccc2)c1F. The zero-order valence-corrected chi connectivity index (χ0v) is 25.7. The molecule has 3 aromatic carbocycles. The maximum atomic E-state index is 16.2. The highest BCUT2D eigenvalue weighted by Gasteiger charge is 2.31. The molecule has 5 rings (SSSR count). The number of rotatable bonds is 11. The highest BCUT2D eigenvalue weighted by molar-refractivity contribution is 5.99. The second-order valence-electron chi connectivity index (χ2n) is 10.4. The van der Waals surface area contributed by atoms with Gasteiger partial charge in [-0.25, -0.2) is 4.79 Å². The van der Waals surface area contributed by atoms with Gasteiger partial charge in [-0.2, -0.15) is 19.0 Å². The van der Waals surface area contributed by atoms with Gasteiger partial charge >= 0.3 is 5.97 Å². The van der Waals surface area contributed by atoms with Crippen LogP contribution in [0, 0.1) is 23.0 Å². The van der Waals surface area contributed by atoms with E-state index in [1.807, 2.05) is 54.4 Å². The summed E-state index contributed by atoms with van der Waals surface area (Å²) in [6.45, 7) is 2.98. The molecule has 1 aromatic heterocycles. The topological polar surface area (TPSA) is 110 Å². The second kappa shape index (κ2) is 13.9. The smallest absolute Gasteiger partial charge is 0.328 e. The van der Waals surface area contributed by atoms with E-state index >= 15 is 8.78 Å². The molecule has 0 saturated carbocycles. The molecule has 0 radical (unpaired) electrons. The quantitative estimate of drug-likeness (QED) is 0.183. The van der Waals surface area contributed by atoms with Crippen LogP contribution in [0.2, 0.25) is 0 Å². The third kappa shape index (κ3) is 6.83. The van der Waals surface area contributed by atoms with Crippen LogP contribution in [-0.4, -0.2) is 62.0 Å². The summed E-state index contributed by atoms with van der Waals surface area (Å²) in [5.74, 6) is -3.31. The van der Waals surface area contributed by atoms with E-state index in [1.165, 1.54) is 39.3 Å². The number of hydrogen-bond acceptors (Lipinski definition) is 10. The lowest BCUT2D eigenvalue weighted by atomic mass is 10.2. The number of anilines is 1. The summed E-state index contributed by atoms with van der Waals surface area (Å²) in [7, 11) is 4.41. The number of pyridine rings is 1. The van der Waals surface area contributed by atoms with Crippen molar-refractivity contribution in [1.29, 1.82) is 5.26 Å². The van der Waals surface area contributed by atoms with Crippen molar-refractivity contribution >= 4 is 17.5 Å². The molecule has 1 unspecified atom stereocenters. The monoisotopic (exact) mass is 627 g/mol. The second-order valence-corrected chi connectivity index (χ2v) is 10.4. The maximum Gasteiger partial charge on any atom is 0.328 e. The van der Waals surface area contributed by atoms with Crippen LogP contribution in [0.25, 0.3) is 0 Å². The minimum atomic E-state index is -1.21. The Morgan fingerprint density at radius 1 is 1.02 bits per heavy atom. The number of carbonyl (C=O) groups excluding carboxylic acids is 1. The summed E-state index contributed by atoms with van der Waals surface area (Å²) in [6, 6.07) is 21.4. The molecule has 1 aliphatic rings. The van der Waals surface area contributed by atoms with Gasteiger partial charge in [0.1, 0.15) is 29.9 Å². The Hall–Kier alpha value is -5.70. The van der Waals surface area contributed by atoms with E-state index in [9.17, 15) is 10.1 Å². The molecule has 236 valence electrons. The summed E-state index contributed by atoms with van der Waals surface area (Å²) in [6.07, 6.45) is 0. The van der Waals surface area contributed by atoms with Crippen molar-refractivity contribution in [3.8, 4) is 35.1 Å². The third-order valence-electron chi connectivity index (χ3n) is 7.35. The average molecular weight is 628 g/mol. The molecule has 0 amide bonds. The number of hydrogen-bond donors (Lipinski definition) is 0. The molecule has 46 heavy (non-hydrogen) atoms. The Kier molecular flexibility index (Phi) is 9.61. The Balaban J connectivity index is 1.56. The van der Waals surface area contributed by atoms with Crippen LogP contribution < -0.4 is 19.1 Å². The summed E-state index contributed by atoms with van der Waals surface area (Å²) in [5, 5.41) is 9.53. The molecular weight excluding hydrogens is 596 g/mol. The van der Waals surface area contributed by atoms with Crippen LogP contribution in [0.1, 0.15) is 23.6 Å². The van der Waals surface area contributed by atoms with Crippen molar-refractivity contribution in [3.05, 3.63) is 101 Å². The Bertz CT molecular complexity index is 1810. The molecule has 1 atom stereocenters. The minimum absolute atomic E-state index is 0.0437. The Labute approximate surface area is 265 Å². The molecule has 0 aliphatic carbocycles. The first-order valence-electron chi connectivity index (χ1n) is 14.3. The number of nitriles is 1. The zero-order valence-electron chi connectivity index (χ0n) is 25.7. The highest BCUT2D eigenvalue weighted by atomic mass is 19.1. The van der Waals surface area contributed by atoms with Crippen molar-refractivity contribution in [2.24, 2.45) is 4.99 Å². The van der Waals surface area contributed by atoms with Crippen LogP contribution in [0.3, 0.4) is 0 Å².